The number of nitrogens with zero attached hydrogens (tertiary/aromatic N) is 2. The molecule has 1 aromatic heterocycles. The fraction of sp³-hybridized carbons (Fsp3) is 0.111. The van der Waals surface area contributed by atoms with Crippen LogP contribution in [-0.4, -0.2) is 10.2 Å². The van der Waals surface area contributed by atoms with Crippen LogP contribution in [0.4, 0.5) is 5.13 Å². The minimum absolute atomic E-state index is 0.468. The molecule has 0 saturated carbocycles. The Kier molecular flexibility index (Phi) is 3.40. The lowest BCUT2D eigenvalue weighted by Gasteiger charge is -1.88. The largest absolute Gasteiger partial charge is 0.374 e. The molecule has 0 fully saturated rings. The maximum absolute atomic E-state index is 5.44. The molecule has 0 amide bonds. The molecule has 0 aliphatic rings. The van der Waals surface area contributed by atoms with E-state index in [1.54, 1.807) is 0 Å². The van der Waals surface area contributed by atoms with E-state index in [1.807, 2.05) is 31.2 Å². The van der Waals surface area contributed by atoms with Crippen LogP contribution < -0.4 is 5.73 Å². The summed E-state index contributed by atoms with van der Waals surface area (Å²) in [5.41, 5.74) is 6.26. The summed E-state index contributed by atoms with van der Waals surface area (Å²) in [4.78, 5) is 0. The third kappa shape index (κ3) is 2.83. The normalized spacial score (nSPS) is 11.5. The van der Waals surface area contributed by atoms with Crippen LogP contribution >= 0.6 is 11.3 Å². The summed E-state index contributed by atoms with van der Waals surface area (Å²) in [5, 5.41) is 8.79. The van der Waals surface area contributed by atoms with Gasteiger partial charge in [0.1, 0.15) is 5.01 Å². The maximum Gasteiger partial charge on any atom is 0.203 e. The molecule has 0 radical (unpaired) electrons. The fourth-order valence-electron chi connectivity index (χ4n) is 0.718. The van der Waals surface area contributed by atoms with Crippen molar-refractivity contribution in [1.82, 2.24) is 10.2 Å². The van der Waals surface area contributed by atoms with E-state index in [-0.39, 0.29) is 0 Å². The molecule has 1 heterocycles. The molecule has 1 rings (SSSR count). The zero-order valence-corrected chi connectivity index (χ0v) is 8.21. The van der Waals surface area contributed by atoms with Crippen molar-refractivity contribution in [1.29, 1.82) is 0 Å². The molecule has 13 heavy (non-hydrogen) atoms. The van der Waals surface area contributed by atoms with Crippen LogP contribution in [0.3, 0.4) is 0 Å². The van der Waals surface area contributed by atoms with E-state index < -0.39 is 0 Å². The van der Waals surface area contributed by atoms with Gasteiger partial charge in [-0.3, -0.25) is 0 Å². The van der Waals surface area contributed by atoms with Crippen LogP contribution in [0.5, 0.6) is 0 Å². The molecule has 0 bridgehead atoms. The van der Waals surface area contributed by atoms with Gasteiger partial charge in [0, 0.05) is 5.57 Å². The van der Waals surface area contributed by atoms with Crippen molar-refractivity contribution in [3.63, 3.8) is 0 Å². The highest BCUT2D eigenvalue weighted by Crippen LogP contribution is 2.19. The summed E-state index contributed by atoms with van der Waals surface area (Å²) in [6.07, 6.45) is 7.65. The average Bonchev–Trinajstić information content (AvgIpc) is 2.52. The Morgan fingerprint density at radius 2 is 2.23 bits per heavy atom. The van der Waals surface area contributed by atoms with Crippen LogP contribution in [0.1, 0.15) is 11.9 Å². The van der Waals surface area contributed by atoms with Gasteiger partial charge >= 0.3 is 0 Å². The molecule has 0 aliphatic carbocycles. The third-order valence-corrected chi connectivity index (χ3v) is 2.14. The quantitative estimate of drug-likeness (QED) is 0.749. The molecule has 0 saturated heterocycles. The highest BCUT2D eigenvalue weighted by Gasteiger charge is 2.01. The Morgan fingerprint density at radius 1 is 1.46 bits per heavy atom. The van der Waals surface area contributed by atoms with E-state index in [0.717, 1.165) is 10.6 Å². The van der Waals surface area contributed by atoms with Crippen LogP contribution in [0.2, 0.25) is 0 Å². The maximum atomic E-state index is 5.44. The number of rotatable bonds is 3. The highest BCUT2D eigenvalue weighted by molar-refractivity contribution is 7.16. The summed E-state index contributed by atoms with van der Waals surface area (Å²) < 4.78 is 0. The summed E-state index contributed by atoms with van der Waals surface area (Å²) in [5.74, 6) is 0. The molecule has 0 unspecified atom stereocenters. The van der Waals surface area contributed by atoms with Crippen LogP contribution in [0.25, 0.3) is 5.57 Å². The van der Waals surface area contributed by atoms with Crippen LogP contribution in [-0.2, 0) is 0 Å². The first-order valence-electron chi connectivity index (χ1n) is 3.81. The van der Waals surface area contributed by atoms with Crippen molar-refractivity contribution in [2.24, 2.45) is 0 Å². The van der Waals surface area contributed by atoms with Crippen molar-refractivity contribution in [2.75, 3.05) is 5.73 Å². The number of aromatic nitrogens is 2. The lowest BCUT2D eigenvalue weighted by Crippen LogP contribution is -1.80. The molecule has 1 aromatic rings. The van der Waals surface area contributed by atoms with Crippen molar-refractivity contribution in [2.45, 2.75) is 6.92 Å². The van der Waals surface area contributed by atoms with Gasteiger partial charge in [0.15, 0.2) is 0 Å². The molecular formula is C9H11N3S. The highest BCUT2D eigenvalue weighted by atomic mass is 32.1. The number of nitrogen functional groups attached to an aromatic ring is 1. The molecule has 0 atom stereocenters. The minimum atomic E-state index is 0.468. The predicted octanol–water partition coefficient (Wildman–Crippen LogP) is 2.27. The van der Waals surface area contributed by atoms with Gasteiger partial charge in [0.25, 0.3) is 0 Å². The van der Waals surface area contributed by atoms with E-state index in [1.165, 1.54) is 11.3 Å². The third-order valence-electron chi connectivity index (χ3n) is 1.32. The second-order valence-corrected chi connectivity index (χ2v) is 3.36. The summed E-state index contributed by atoms with van der Waals surface area (Å²) in [7, 11) is 0. The zero-order chi connectivity index (χ0) is 9.68. The Hall–Kier alpha value is -1.42. The number of hydrogen-bond donors (Lipinski definition) is 1. The number of allylic oxidation sites excluding steroid dienone is 5. The average molecular weight is 193 g/mol. The van der Waals surface area contributed by atoms with Gasteiger partial charge in [-0.2, -0.15) is 0 Å². The van der Waals surface area contributed by atoms with Gasteiger partial charge in [-0.05, 0) is 6.92 Å². The lowest BCUT2D eigenvalue weighted by atomic mass is 10.3. The molecule has 4 heteroatoms. The van der Waals surface area contributed by atoms with E-state index in [0.29, 0.717) is 5.13 Å². The monoisotopic (exact) mass is 193 g/mol. The summed E-state index contributed by atoms with van der Waals surface area (Å²) in [6, 6.07) is 0. The summed E-state index contributed by atoms with van der Waals surface area (Å²) in [6.45, 7) is 5.80. The first kappa shape index (κ1) is 9.67. The topological polar surface area (TPSA) is 51.8 Å². The second kappa shape index (κ2) is 4.57. The van der Waals surface area contributed by atoms with Crippen LogP contribution in [0, 0.1) is 0 Å². The predicted molar refractivity (Wildman–Crippen MR) is 57.3 cm³/mol. The van der Waals surface area contributed by atoms with Gasteiger partial charge in [-0.15, -0.1) is 10.2 Å². The van der Waals surface area contributed by atoms with Crippen molar-refractivity contribution < 1.29 is 0 Å². The standard InChI is InChI=1S/C9H11N3S/c1-3-4-5-6-7(2)8-11-12-9(10)13-8/h3-6H,2H2,1H3,(H2,10,12)/b4-3-,6-5-. The fourth-order valence-corrected chi connectivity index (χ4v) is 1.28. The Morgan fingerprint density at radius 3 is 2.77 bits per heavy atom. The van der Waals surface area contributed by atoms with Gasteiger partial charge in [0.2, 0.25) is 5.13 Å². The van der Waals surface area contributed by atoms with Gasteiger partial charge in [-0.1, -0.05) is 42.2 Å². The van der Waals surface area contributed by atoms with Gasteiger partial charge < -0.3 is 5.73 Å². The van der Waals surface area contributed by atoms with Crippen molar-refractivity contribution in [3.05, 3.63) is 35.9 Å². The second-order valence-electron chi connectivity index (χ2n) is 2.36. The first-order chi connectivity index (χ1) is 6.24. The molecule has 0 spiro atoms. The van der Waals surface area contributed by atoms with E-state index >= 15 is 0 Å². The molecule has 2 N–H and O–H groups in total. The molecular weight excluding hydrogens is 182 g/mol. The minimum Gasteiger partial charge on any atom is -0.374 e. The number of hydrogen-bond acceptors (Lipinski definition) is 4. The van der Waals surface area contributed by atoms with E-state index in [2.05, 4.69) is 16.8 Å². The Bertz CT molecular complexity index is 349. The SMILES string of the molecule is C=C(/C=C\C=C/C)c1nnc(N)s1. The van der Waals surface area contributed by atoms with E-state index in [4.69, 9.17) is 5.73 Å². The van der Waals surface area contributed by atoms with E-state index in [9.17, 15) is 0 Å². The number of anilines is 1. The molecule has 3 nitrogen and oxygen atoms in total. The van der Waals surface area contributed by atoms with Crippen LogP contribution in [0.15, 0.2) is 30.9 Å². The van der Waals surface area contributed by atoms with Crippen molar-refractivity contribution >= 4 is 22.0 Å². The van der Waals surface area contributed by atoms with Crippen molar-refractivity contribution in [3.8, 4) is 0 Å². The number of nitrogens with two attached hydrogens (primary N) is 1. The molecule has 0 aliphatic heterocycles. The Balaban J connectivity index is 2.69. The zero-order valence-electron chi connectivity index (χ0n) is 7.40. The summed E-state index contributed by atoms with van der Waals surface area (Å²) >= 11 is 1.33. The first-order valence-corrected chi connectivity index (χ1v) is 4.63. The lowest BCUT2D eigenvalue weighted by molar-refractivity contribution is 1.08. The Labute approximate surface area is 81.3 Å². The molecule has 0 aromatic carbocycles. The molecule has 68 valence electrons. The van der Waals surface area contributed by atoms with Gasteiger partial charge in [0.05, 0.1) is 0 Å². The van der Waals surface area contributed by atoms with Gasteiger partial charge in [-0.25, -0.2) is 0 Å². The smallest absolute Gasteiger partial charge is 0.203 e.